The summed E-state index contributed by atoms with van der Waals surface area (Å²) in [5.74, 6) is 0.272. The van der Waals surface area contributed by atoms with Crippen LogP contribution in [-0.4, -0.2) is 38.5 Å². The molecule has 18 heavy (non-hydrogen) atoms. The average molecular weight is 274 g/mol. The minimum Gasteiger partial charge on any atom is -0.490 e. The molecule has 0 saturated heterocycles. The van der Waals surface area contributed by atoms with Gasteiger partial charge in [0.2, 0.25) is 10.0 Å². The Morgan fingerprint density at radius 1 is 1.44 bits per heavy atom. The first-order valence-corrected chi connectivity index (χ1v) is 7.18. The Balaban J connectivity index is 2.44. The molecule has 0 radical (unpaired) electrons. The van der Waals surface area contributed by atoms with Gasteiger partial charge >= 0.3 is 0 Å². The Morgan fingerprint density at radius 2 is 2.11 bits per heavy atom. The minimum absolute atomic E-state index is 0.00168. The predicted octanol–water partition coefficient (Wildman–Crippen LogP) is -0.0522. The molecule has 0 amide bonds. The van der Waals surface area contributed by atoms with Crippen LogP contribution >= 0.6 is 0 Å². The molecule has 0 aliphatic heterocycles. The van der Waals surface area contributed by atoms with Gasteiger partial charge in [-0.3, -0.25) is 0 Å². The van der Waals surface area contributed by atoms with Gasteiger partial charge in [-0.1, -0.05) is 12.1 Å². The van der Waals surface area contributed by atoms with Gasteiger partial charge in [0, 0.05) is 6.04 Å². The molecule has 0 aromatic heterocycles. The summed E-state index contributed by atoms with van der Waals surface area (Å²) < 4.78 is 30.7. The first-order chi connectivity index (χ1) is 8.44. The molecule has 1 atom stereocenters. The number of hydrogen-bond acceptors (Lipinski definition) is 5. The molecule has 0 unspecified atom stereocenters. The van der Waals surface area contributed by atoms with E-state index in [0.29, 0.717) is 11.4 Å². The fourth-order valence-electron chi connectivity index (χ4n) is 1.28. The normalized spacial score (nSPS) is 13.2. The number of hydrogen-bond donors (Lipinski definition) is 3. The molecule has 7 heteroatoms. The van der Waals surface area contributed by atoms with Gasteiger partial charge in [-0.05, 0) is 19.1 Å². The molecular formula is C11H18N2O4S. The number of rotatable bonds is 7. The Hall–Kier alpha value is -1.31. The van der Waals surface area contributed by atoms with E-state index in [1.54, 1.807) is 31.2 Å². The molecular weight excluding hydrogens is 256 g/mol. The van der Waals surface area contributed by atoms with Crippen molar-refractivity contribution in [3.8, 4) is 5.75 Å². The second-order valence-corrected chi connectivity index (χ2v) is 5.78. The highest BCUT2D eigenvalue weighted by Crippen LogP contribution is 2.19. The maximum atomic E-state index is 11.5. The fourth-order valence-corrected chi connectivity index (χ4v) is 2.38. The van der Waals surface area contributed by atoms with E-state index in [2.05, 4.69) is 4.72 Å². The Morgan fingerprint density at radius 3 is 2.72 bits per heavy atom. The average Bonchev–Trinajstić information content (AvgIpc) is 2.30. The minimum atomic E-state index is -3.45. The topological polar surface area (TPSA) is 102 Å². The van der Waals surface area contributed by atoms with E-state index in [4.69, 9.17) is 15.6 Å². The van der Waals surface area contributed by atoms with Crippen molar-refractivity contribution in [2.75, 3.05) is 24.7 Å². The van der Waals surface area contributed by atoms with E-state index in [0.717, 1.165) is 0 Å². The van der Waals surface area contributed by atoms with Crippen LogP contribution in [0.3, 0.4) is 0 Å². The molecule has 0 spiro atoms. The third kappa shape index (κ3) is 4.91. The van der Waals surface area contributed by atoms with E-state index in [1.807, 2.05) is 0 Å². The summed E-state index contributed by atoms with van der Waals surface area (Å²) in [6, 6.07) is 6.37. The van der Waals surface area contributed by atoms with E-state index >= 15 is 0 Å². The first-order valence-electron chi connectivity index (χ1n) is 5.53. The molecule has 1 aromatic carbocycles. The van der Waals surface area contributed by atoms with Gasteiger partial charge in [0.15, 0.2) is 0 Å². The molecule has 0 heterocycles. The first kappa shape index (κ1) is 14.7. The highest BCUT2D eigenvalue weighted by Gasteiger charge is 2.14. The van der Waals surface area contributed by atoms with Crippen LogP contribution in [-0.2, 0) is 10.0 Å². The summed E-state index contributed by atoms with van der Waals surface area (Å²) in [5, 5.41) is 8.76. The summed E-state index contributed by atoms with van der Waals surface area (Å²) in [6.07, 6.45) is 0. The van der Waals surface area contributed by atoms with Gasteiger partial charge in [0.1, 0.15) is 12.4 Å². The second kappa shape index (κ2) is 6.58. The highest BCUT2D eigenvalue weighted by molar-refractivity contribution is 7.89. The van der Waals surface area contributed by atoms with Crippen LogP contribution in [0.1, 0.15) is 6.92 Å². The summed E-state index contributed by atoms with van der Waals surface area (Å²) in [4.78, 5) is 0. The molecule has 1 aromatic rings. The maximum Gasteiger partial charge on any atom is 0.215 e. The zero-order valence-electron chi connectivity index (χ0n) is 10.2. The molecule has 4 N–H and O–H groups in total. The number of para-hydroxylation sites is 2. The molecule has 102 valence electrons. The number of anilines is 1. The van der Waals surface area contributed by atoms with Crippen molar-refractivity contribution in [3.63, 3.8) is 0 Å². The zero-order chi connectivity index (χ0) is 13.6. The van der Waals surface area contributed by atoms with Crippen molar-refractivity contribution in [2.45, 2.75) is 13.0 Å². The van der Waals surface area contributed by atoms with E-state index < -0.39 is 16.1 Å². The molecule has 0 fully saturated rings. The zero-order valence-corrected chi connectivity index (χ0v) is 11.0. The van der Waals surface area contributed by atoms with Crippen LogP contribution in [0, 0.1) is 0 Å². The summed E-state index contributed by atoms with van der Waals surface area (Å²) in [5.41, 5.74) is 6.11. The quantitative estimate of drug-likeness (QED) is 0.605. The van der Waals surface area contributed by atoms with Crippen molar-refractivity contribution in [1.82, 2.24) is 4.72 Å². The second-order valence-electron chi connectivity index (χ2n) is 3.91. The van der Waals surface area contributed by atoms with E-state index in [9.17, 15) is 8.42 Å². The number of aliphatic hydroxyl groups excluding tert-OH is 1. The summed E-state index contributed by atoms with van der Waals surface area (Å²) in [7, 11) is -3.45. The van der Waals surface area contributed by atoms with Gasteiger partial charge in [-0.15, -0.1) is 0 Å². The fraction of sp³-hybridized carbons (Fsp3) is 0.455. The molecule has 6 nitrogen and oxygen atoms in total. The SMILES string of the molecule is C[C@@H](CO)NS(=O)(=O)CCOc1ccccc1N. The smallest absolute Gasteiger partial charge is 0.215 e. The van der Waals surface area contributed by atoms with Crippen LogP contribution in [0.5, 0.6) is 5.75 Å². The van der Waals surface area contributed by atoms with Crippen molar-refractivity contribution < 1.29 is 18.3 Å². The third-order valence-corrected chi connectivity index (χ3v) is 3.65. The Bertz CT molecular complexity index is 476. The number of nitrogens with two attached hydrogens (primary N) is 1. The molecule has 1 rings (SSSR count). The van der Waals surface area contributed by atoms with Gasteiger partial charge in [-0.25, -0.2) is 13.1 Å². The predicted molar refractivity (Wildman–Crippen MR) is 69.8 cm³/mol. The lowest BCUT2D eigenvalue weighted by Gasteiger charge is -2.12. The van der Waals surface area contributed by atoms with Crippen LogP contribution in [0.4, 0.5) is 5.69 Å². The van der Waals surface area contributed by atoms with Crippen molar-refractivity contribution >= 4 is 15.7 Å². The lowest BCUT2D eigenvalue weighted by molar-refractivity contribution is 0.264. The van der Waals surface area contributed by atoms with Crippen LogP contribution in [0.15, 0.2) is 24.3 Å². The standard InChI is InChI=1S/C11H18N2O4S/c1-9(8-14)13-18(15,16)7-6-17-11-5-3-2-4-10(11)12/h2-5,9,13-14H,6-8,12H2,1H3/t9-/m0/s1. The van der Waals surface area contributed by atoms with Gasteiger partial charge < -0.3 is 15.6 Å². The Kier molecular flexibility index (Phi) is 5.39. The van der Waals surface area contributed by atoms with Crippen molar-refractivity contribution in [2.24, 2.45) is 0 Å². The number of ether oxygens (including phenoxy) is 1. The highest BCUT2D eigenvalue weighted by atomic mass is 32.2. The number of aliphatic hydroxyl groups is 1. The van der Waals surface area contributed by atoms with E-state index in [-0.39, 0.29) is 19.0 Å². The van der Waals surface area contributed by atoms with Crippen LogP contribution in [0.25, 0.3) is 0 Å². The lowest BCUT2D eigenvalue weighted by atomic mass is 10.3. The monoisotopic (exact) mass is 274 g/mol. The number of nitrogen functional groups attached to an aromatic ring is 1. The third-order valence-electron chi connectivity index (χ3n) is 2.18. The van der Waals surface area contributed by atoms with Crippen molar-refractivity contribution in [1.29, 1.82) is 0 Å². The maximum absolute atomic E-state index is 11.5. The summed E-state index contributed by atoms with van der Waals surface area (Å²) in [6.45, 7) is 1.33. The number of sulfonamides is 1. The largest absolute Gasteiger partial charge is 0.490 e. The van der Waals surface area contributed by atoms with Gasteiger partial charge in [-0.2, -0.15) is 0 Å². The van der Waals surface area contributed by atoms with Crippen LogP contribution in [0.2, 0.25) is 0 Å². The van der Waals surface area contributed by atoms with Crippen LogP contribution < -0.4 is 15.2 Å². The molecule has 0 aliphatic rings. The summed E-state index contributed by atoms with van der Waals surface area (Å²) >= 11 is 0. The number of nitrogens with one attached hydrogen (secondary N) is 1. The molecule has 0 aliphatic carbocycles. The van der Waals surface area contributed by atoms with Gasteiger partial charge in [0.05, 0.1) is 18.0 Å². The Labute approximate surface area is 107 Å². The van der Waals surface area contributed by atoms with E-state index in [1.165, 1.54) is 0 Å². The lowest BCUT2D eigenvalue weighted by Crippen LogP contribution is -2.37. The van der Waals surface area contributed by atoms with Gasteiger partial charge in [0.25, 0.3) is 0 Å². The molecule has 0 bridgehead atoms. The number of benzene rings is 1. The molecule has 0 saturated carbocycles. The van der Waals surface area contributed by atoms with Crippen molar-refractivity contribution in [3.05, 3.63) is 24.3 Å².